The molecule has 0 fully saturated rings. The van der Waals surface area contributed by atoms with Crippen LogP contribution in [0.1, 0.15) is 23.7 Å². The van der Waals surface area contributed by atoms with E-state index in [1.54, 1.807) is 12.3 Å². The van der Waals surface area contributed by atoms with Crippen molar-refractivity contribution in [1.29, 1.82) is 0 Å². The van der Waals surface area contributed by atoms with Crippen LogP contribution >= 0.6 is 0 Å². The maximum absolute atomic E-state index is 13.1. The molecule has 0 saturated carbocycles. The van der Waals surface area contributed by atoms with Crippen LogP contribution in [-0.2, 0) is 13.0 Å². The lowest BCUT2D eigenvalue weighted by atomic mass is 10.1. The van der Waals surface area contributed by atoms with Gasteiger partial charge in [0.1, 0.15) is 5.82 Å². The van der Waals surface area contributed by atoms with E-state index >= 15 is 0 Å². The third-order valence-corrected chi connectivity index (χ3v) is 2.90. The normalized spacial score (nSPS) is 10.8. The van der Waals surface area contributed by atoms with Crippen LogP contribution in [0.15, 0.2) is 24.4 Å². The van der Waals surface area contributed by atoms with E-state index in [1.165, 1.54) is 12.1 Å². The number of rotatable bonds is 3. The van der Waals surface area contributed by atoms with Crippen molar-refractivity contribution >= 4 is 0 Å². The van der Waals surface area contributed by atoms with Crippen LogP contribution in [0.2, 0.25) is 0 Å². The summed E-state index contributed by atoms with van der Waals surface area (Å²) < 4.78 is 14.9. The second kappa shape index (κ2) is 4.67. The maximum Gasteiger partial charge on any atom is 0.123 e. The molecule has 0 unspecified atom stereocenters. The Hall–Kier alpha value is -1.68. The SMILES string of the molecule is CCc1c(CN)cnn1-c1ccc(F)cc1C. The van der Waals surface area contributed by atoms with Gasteiger partial charge in [-0.1, -0.05) is 6.92 Å². The van der Waals surface area contributed by atoms with Crippen LogP contribution in [0.25, 0.3) is 5.69 Å². The highest BCUT2D eigenvalue weighted by Gasteiger charge is 2.11. The molecule has 0 aliphatic carbocycles. The number of benzene rings is 1. The molecule has 90 valence electrons. The van der Waals surface area contributed by atoms with Crippen LogP contribution in [0.5, 0.6) is 0 Å². The molecule has 0 radical (unpaired) electrons. The van der Waals surface area contributed by atoms with Gasteiger partial charge in [0.2, 0.25) is 0 Å². The van der Waals surface area contributed by atoms with Crippen molar-refractivity contribution in [3.63, 3.8) is 0 Å². The number of aryl methyl sites for hydroxylation is 1. The van der Waals surface area contributed by atoms with Gasteiger partial charge in [-0.05, 0) is 37.1 Å². The van der Waals surface area contributed by atoms with E-state index in [2.05, 4.69) is 12.0 Å². The molecule has 17 heavy (non-hydrogen) atoms. The van der Waals surface area contributed by atoms with Gasteiger partial charge in [-0.3, -0.25) is 0 Å². The Bertz CT molecular complexity index is 531. The lowest BCUT2D eigenvalue weighted by Gasteiger charge is -2.10. The largest absolute Gasteiger partial charge is 0.326 e. The zero-order valence-electron chi connectivity index (χ0n) is 10.1. The van der Waals surface area contributed by atoms with E-state index in [0.29, 0.717) is 6.54 Å². The summed E-state index contributed by atoms with van der Waals surface area (Å²) in [6.45, 7) is 4.41. The van der Waals surface area contributed by atoms with Crippen molar-refractivity contribution in [1.82, 2.24) is 9.78 Å². The lowest BCUT2D eigenvalue weighted by Crippen LogP contribution is -2.06. The summed E-state index contributed by atoms with van der Waals surface area (Å²) in [5, 5.41) is 4.33. The fourth-order valence-electron chi connectivity index (χ4n) is 2.02. The highest BCUT2D eigenvalue weighted by Crippen LogP contribution is 2.19. The Balaban J connectivity index is 2.56. The number of nitrogens with zero attached hydrogens (tertiary/aromatic N) is 2. The third kappa shape index (κ3) is 2.08. The standard InChI is InChI=1S/C13H16FN3/c1-3-12-10(7-15)8-16-17(12)13-5-4-11(14)6-9(13)2/h4-6,8H,3,7,15H2,1-2H3. The summed E-state index contributed by atoms with van der Waals surface area (Å²) in [6, 6.07) is 4.71. The molecule has 0 bridgehead atoms. The Morgan fingerprint density at radius 1 is 1.41 bits per heavy atom. The molecule has 0 aliphatic heterocycles. The second-order valence-corrected chi connectivity index (χ2v) is 4.02. The number of hydrogen-bond donors (Lipinski definition) is 1. The molecule has 2 N–H and O–H groups in total. The Labute approximate surface area is 100 Å². The van der Waals surface area contributed by atoms with Crippen molar-refractivity contribution in [2.75, 3.05) is 0 Å². The molecule has 0 amide bonds. The van der Waals surface area contributed by atoms with E-state index in [0.717, 1.165) is 28.9 Å². The molecule has 2 rings (SSSR count). The first kappa shape index (κ1) is 11.8. The maximum atomic E-state index is 13.1. The summed E-state index contributed by atoms with van der Waals surface area (Å²) in [6.07, 6.45) is 2.63. The Morgan fingerprint density at radius 3 is 2.76 bits per heavy atom. The van der Waals surface area contributed by atoms with Gasteiger partial charge in [0.15, 0.2) is 0 Å². The second-order valence-electron chi connectivity index (χ2n) is 4.02. The predicted molar refractivity (Wildman–Crippen MR) is 65.5 cm³/mol. The van der Waals surface area contributed by atoms with E-state index in [9.17, 15) is 4.39 Å². The quantitative estimate of drug-likeness (QED) is 0.884. The van der Waals surface area contributed by atoms with E-state index in [4.69, 9.17) is 5.73 Å². The van der Waals surface area contributed by atoms with Crippen molar-refractivity contribution < 1.29 is 4.39 Å². The minimum atomic E-state index is -0.226. The topological polar surface area (TPSA) is 43.8 Å². The Morgan fingerprint density at radius 2 is 2.18 bits per heavy atom. The monoisotopic (exact) mass is 233 g/mol. The van der Waals surface area contributed by atoms with Crippen LogP contribution in [0, 0.1) is 12.7 Å². The zero-order chi connectivity index (χ0) is 12.4. The molecule has 2 aromatic rings. The minimum absolute atomic E-state index is 0.226. The van der Waals surface area contributed by atoms with Crippen LogP contribution in [0.3, 0.4) is 0 Å². The molecule has 0 spiro atoms. The molecule has 1 heterocycles. The molecule has 1 aromatic heterocycles. The number of hydrogen-bond acceptors (Lipinski definition) is 2. The summed E-state index contributed by atoms with van der Waals surface area (Å²) in [5.41, 5.74) is 9.56. The van der Waals surface area contributed by atoms with Gasteiger partial charge in [-0.25, -0.2) is 9.07 Å². The molecular weight excluding hydrogens is 217 g/mol. The molecule has 0 aliphatic rings. The van der Waals surface area contributed by atoms with E-state index < -0.39 is 0 Å². The summed E-state index contributed by atoms with van der Waals surface area (Å²) in [5.74, 6) is -0.226. The fraction of sp³-hybridized carbons (Fsp3) is 0.308. The number of nitrogens with two attached hydrogens (primary N) is 1. The van der Waals surface area contributed by atoms with Gasteiger partial charge < -0.3 is 5.73 Å². The minimum Gasteiger partial charge on any atom is -0.326 e. The van der Waals surface area contributed by atoms with Gasteiger partial charge in [0, 0.05) is 17.8 Å². The first-order valence-electron chi connectivity index (χ1n) is 5.69. The van der Waals surface area contributed by atoms with E-state index in [1.807, 2.05) is 11.6 Å². The molecule has 0 atom stereocenters. The zero-order valence-corrected chi connectivity index (χ0v) is 10.1. The lowest BCUT2D eigenvalue weighted by molar-refractivity contribution is 0.625. The van der Waals surface area contributed by atoms with Gasteiger partial charge in [0.05, 0.1) is 11.9 Å². The van der Waals surface area contributed by atoms with Gasteiger partial charge in [-0.15, -0.1) is 0 Å². The first-order valence-corrected chi connectivity index (χ1v) is 5.69. The van der Waals surface area contributed by atoms with Gasteiger partial charge in [-0.2, -0.15) is 5.10 Å². The molecule has 4 heteroatoms. The van der Waals surface area contributed by atoms with Crippen molar-refractivity contribution in [3.05, 3.63) is 47.0 Å². The summed E-state index contributed by atoms with van der Waals surface area (Å²) in [4.78, 5) is 0. The highest BCUT2D eigenvalue weighted by molar-refractivity contribution is 5.42. The average Bonchev–Trinajstić information content (AvgIpc) is 2.71. The fourth-order valence-corrected chi connectivity index (χ4v) is 2.02. The van der Waals surface area contributed by atoms with Crippen molar-refractivity contribution in [2.45, 2.75) is 26.8 Å². The molecule has 1 aromatic carbocycles. The predicted octanol–water partition coefficient (Wildman–Crippen LogP) is 2.34. The van der Waals surface area contributed by atoms with Crippen LogP contribution in [0.4, 0.5) is 4.39 Å². The summed E-state index contributed by atoms with van der Waals surface area (Å²) in [7, 11) is 0. The highest BCUT2D eigenvalue weighted by atomic mass is 19.1. The smallest absolute Gasteiger partial charge is 0.123 e. The molecule has 3 nitrogen and oxygen atoms in total. The number of aromatic nitrogens is 2. The van der Waals surface area contributed by atoms with Crippen LogP contribution in [-0.4, -0.2) is 9.78 Å². The molecular formula is C13H16FN3. The number of halogens is 1. The third-order valence-electron chi connectivity index (χ3n) is 2.90. The summed E-state index contributed by atoms with van der Waals surface area (Å²) >= 11 is 0. The molecule has 0 saturated heterocycles. The van der Waals surface area contributed by atoms with E-state index in [-0.39, 0.29) is 5.82 Å². The first-order chi connectivity index (χ1) is 8.17. The van der Waals surface area contributed by atoms with Crippen molar-refractivity contribution in [3.8, 4) is 5.69 Å². The van der Waals surface area contributed by atoms with Crippen molar-refractivity contribution in [2.24, 2.45) is 5.73 Å². The average molecular weight is 233 g/mol. The van der Waals surface area contributed by atoms with Crippen LogP contribution < -0.4 is 5.73 Å². The van der Waals surface area contributed by atoms with Gasteiger partial charge >= 0.3 is 0 Å². The Kier molecular flexibility index (Phi) is 3.24. The van der Waals surface area contributed by atoms with Gasteiger partial charge in [0.25, 0.3) is 0 Å².